The van der Waals surface area contributed by atoms with Crippen LogP contribution in [0, 0.1) is 0 Å². The maximum atomic E-state index is 6.32. The highest BCUT2D eigenvalue weighted by atomic mass is 79.9. The predicted molar refractivity (Wildman–Crippen MR) is 94.9 cm³/mol. The Kier molecular flexibility index (Phi) is 5.86. The Hall–Kier alpha value is -0.830. The molecule has 1 nitrogen and oxygen atoms in total. The zero-order valence-electron chi connectivity index (χ0n) is 12.7. The van der Waals surface area contributed by atoms with Crippen molar-refractivity contribution >= 4 is 27.5 Å². The first-order valence-electron chi connectivity index (χ1n) is 7.31. The summed E-state index contributed by atoms with van der Waals surface area (Å²) in [7, 11) is 0. The predicted octanol–water partition coefficient (Wildman–Crippen LogP) is 6.08. The minimum absolute atomic E-state index is 0.200. The molecule has 21 heavy (non-hydrogen) atoms. The van der Waals surface area contributed by atoms with Gasteiger partial charge in [0, 0.05) is 21.6 Å². The van der Waals surface area contributed by atoms with E-state index in [1.807, 2.05) is 12.1 Å². The van der Waals surface area contributed by atoms with Crippen LogP contribution in [0.2, 0.25) is 5.02 Å². The number of hydrogen-bond acceptors (Lipinski definition) is 1. The molecule has 0 fully saturated rings. The third kappa shape index (κ3) is 4.32. The van der Waals surface area contributed by atoms with Crippen LogP contribution in [-0.2, 0) is 6.42 Å². The van der Waals surface area contributed by atoms with E-state index in [9.17, 15) is 0 Å². The van der Waals surface area contributed by atoms with Gasteiger partial charge in [-0.3, -0.25) is 0 Å². The first-order valence-corrected chi connectivity index (χ1v) is 8.48. The number of rotatable bonds is 5. The molecule has 2 atom stereocenters. The van der Waals surface area contributed by atoms with Crippen LogP contribution in [0.4, 0.5) is 0 Å². The number of benzene rings is 2. The van der Waals surface area contributed by atoms with Crippen molar-refractivity contribution < 1.29 is 0 Å². The SMILES string of the molecule is CCc1ccc(C(C)NC(C)c2ccc(Br)cc2Cl)cc1. The molecule has 0 aliphatic heterocycles. The molecule has 0 heterocycles. The molecule has 0 aliphatic carbocycles. The van der Waals surface area contributed by atoms with Gasteiger partial charge in [-0.05, 0) is 49.1 Å². The molecule has 3 heteroatoms. The Morgan fingerprint density at radius 1 is 1.05 bits per heavy atom. The van der Waals surface area contributed by atoms with Crippen molar-refractivity contribution in [1.82, 2.24) is 5.32 Å². The summed E-state index contributed by atoms with van der Waals surface area (Å²) >= 11 is 9.77. The lowest BCUT2D eigenvalue weighted by Gasteiger charge is -2.22. The summed E-state index contributed by atoms with van der Waals surface area (Å²) in [5, 5.41) is 4.40. The van der Waals surface area contributed by atoms with Crippen molar-refractivity contribution in [3.05, 3.63) is 68.7 Å². The van der Waals surface area contributed by atoms with Crippen molar-refractivity contribution in [2.45, 2.75) is 39.3 Å². The summed E-state index contributed by atoms with van der Waals surface area (Å²) in [6, 6.07) is 15.3. The van der Waals surface area contributed by atoms with Gasteiger partial charge in [-0.2, -0.15) is 0 Å². The van der Waals surface area contributed by atoms with Crippen LogP contribution in [-0.4, -0.2) is 0 Å². The van der Waals surface area contributed by atoms with Crippen molar-refractivity contribution in [2.75, 3.05) is 0 Å². The monoisotopic (exact) mass is 365 g/mol. The second-order valence-corrected chi connectivity index (χ2v) is 6.69. The zero-order valence-corrected chi connectivity index (χ0v) is 15.0. The molecule has 0 saturated carbocycles. The van der Waals surface area contributed by atoms with Gasteiger partial charge in [-0.1, -0.05) is 64.8 Å². The number of nitrogens with one attached hydrogen (secondary N) is 1. The summed E-state index contributed by atoms with van der Waals surface area (Å²) in [6.07, 6.45) is 1.08. The van der Waals surface area contributed by atoms with Gasteiger partial charge in [0.05, 0.1) is 0 Å². The van der Waals surface area contributed by atoms with Crippen LogP contribution >= 0.6 is 27.5 Å². The average molecular weight is 367 g/mol. The topological polar surface area (TPSA) is 12.0 Å². The van der Waals surface area contributed by atoms with Crippen molar-refractivity contribution in [3.63, 3.8) is 0 Å². The Balaban J connectivity index is 2.08. The van der Waals surface area contributed by atoms with Gasteiger partial charge in [0.2, 0.25) is 0 Å². The van der Waals surface area contributed by atoms with Crippen LogP contribution in [0.15, 0.2) is 46.9 Å². The lowest BCUT2D eigenvalue weighted by atomic mass is 10.0. The first-order chi connectivity index (χ1) is 10.0. The Morgan fingerprint density at radius 2 is 1.71 bits per heavy atom. The highest BCUT2D eigenvalue weighted by Gasteiger charge is 2.13. The minimum Gasteiger partial charge on any atom is -0.304 e. The molecule has 2 aromatic carbocycles. The van der Waals surface area contributed by atoms with Crippen LogP contribution in [0.1, 0.15) is 49.5 Å². The van der Waals surface area contributed by atoms with Crippen LogP contribution < -0.4 is 5.32 Å². The van der Waals surface area contributed by atoms with Gasteiger partial charge in [-0.15, -0.1) is 0 Å². The largest absolute Gasteiger partial charge is 0.304 e. The molecule has 0 aromatic heterocycles. The summed E-state index contributed by atoms with van der Waals surface area (Å²) in [4.78, 5) is 0. The molecule has 2 unspecified atom stereocenters. The lowest BCUT2D eigenvalue weighted by Crippen LogP contribution is -2.22. The maximum absolute atomic E-state index is 6.32. The smallest absolute Gasteiger partial charge is 0.0464 e. The Morgan fingerprint density at radius 3 is 2.29 bits per heavy atom. The number of halogens is 2. The first kappa shape index (κ1) is 16.5. The molecule has 0 radical (unpaired) electrons. The van der Waals surface area contributed by atoms with E-state index in [0.717, 1.165) is 21.5 Å². The number of hydrogen-bond donors (Lipinski definition) is 1. The van der Waals surface area contributed by atoms with E-state index in [-0.39, 0.29) is 12.1 Å². The normalized spacial score (nSPS) is 14.0. The van der Waals surface area contributed by atoms with E-state index in [2.05, 4.69) is 72.3 Å². The molecule has 0 bridgehead atoms. The van der Waals surface area contributed by atoms with Crippen LogP contribution in [0.3, 0.4) is 0 Å². The van der Waals surface area contributed by atoms with Crippen molar-refractivity contribution in [1.29, 1.82) is 0 Å². The molecule has 2 rings (SSSR count). The third-order valence-electron chi connectivity index (χ3n) is 3.82. The summed E-state index contributed by atoms with van der Waals surface area (Å²) in [6.45, 7) is 6.50. The zero-order chi connectivity index (χ0) is 15.4. The molecule has 0 saturated heterocycles. The van der Waals surface area contributed by atoms with Gasteiger partial charge in [0.1, 0.15) is 0 Å². The number of aryl methyl sites for hydroxylation is 1. The van der Waals surface area contributed by atoms with E-state index in [4.69, 9.17) is 11.6 Å². The fourth-order valence-corrected chi connectivity index (χ4v) is 3.29. The van der Waals surface area contributed by atoms with Gasteiger partial charge in [0.25, 0.3) is 0 Å². The van der Waals surface area contributed by atoms with E-state index in [1.165, 1.54) is 11.1 Å². The summed E-state index contributed by atoms with van der Waals surface area (Å²) in [5.41, 5.74) is 3.79. The molecular formula is C18H21BrClN. The highest BCUT2D eigenvalue weighted by Crippen LogP contribution is 2.28. The lowest BCUT2D eigenvalue weighted by molar-refractivity contribution is 0.494. The third-order valence-corrected chi connectivity index (χ3v) is 4.64. The molecule has 112 valence electrons. The summed E-state index contributed by atoms with van der Waals surface area (Å²) in [5.74, 6) is 0. The van der Waals surface area contributed by atoms with Gasteiger partial charge >= 0.3 is 0 Å². The molecular weight excluding hydrogens is 346 g/mol. The Bertz CT molecular complexity index is 595. The van der Waals surface area contributed by atoms with E-state index in [0.29, 0.717) is 0 Å². The standard InChI is InChI=1S/C18H21BrClN/c1-4-14-5-7-15(8-6-14)12(2)21-13(3)17-10-9-16(19)11-18(17)20/h5-13,21H,4H2,1-3H3. The van der Waals surface area contributed by atoms with Gasteiger partial charge < -0.3 is 5.32 Å². The van der Waals surface area contributed by atoms with Crippen LogP contribution in [0.5, 0.6) is 0 Å². The second kappa shape index (κ2) is 7.44. The van der Waals surface area contributed by atoms with E-state index < -0.39 is 0 Å². The average Bonchev–Trinajstić information content (AvgIpc) is 2.47. The Labute approximate surface area is 140 Å². The molecule has 0 amide bonds. The minimum atomic E-state index is 0.200. The molecule has 0 aliphatic rings. The van der Waals surface area contributed by atoms with Crippen molar-refractivity contribution in [3.8, 4) is 0 Å². The highest BCUT2D eigenvalue weighted by molar-refractivity contribution is 9.10. The fraction of sp³-hybridized carbons (Fsp3) is 0.333. The van der Waals surface area contributed by atoms with Gasteiger partial charge in [-0.25, -0.2) is 0 Å². The quantitative estimate of drug-likeness (QED) is 0.676. The summed E-state index contributed by atoms with van der Waals surface area (Å²) < 4.78 is 1.01. The van der Waals surface area contributed by atoms with E-state index >= 15 is 0 Å². The van der Waals surface area contributed by atoms with Crippen molar-refractivity contribution in [2.24, 2.45) is 0 Å². The second-order valence-electron chi connectivity index (χ2n) is 5.37. The molecule has 0 spiro atoms. The van der Waals surface area contributed by atoms with E-state index in [1.54, 1.807) is 0 Å². The molecule has 2 aromatic rings. The molecule has 1 N–H and O–H groups in total. The van der Waals surface area contributed by atoms with Gasteiger partial charge in [0.15, 0.2) is 0 Å². The van der Waals surface area contributed by atoms with Crippen LogP contribution in [0.25, 0.3) is 0 Å². The fourth-order valence-electron chi connectivity index (χ4n) is 2.46. The maximum Gasteiger partial charge on any atom is 0.0464 e.